The summed E-state index contributed by atoms with van der Waals surface area (Å²) in [6.07, 6.45) is 3.62. The average molecular weight is 244 g/mol. The minimum atomic E-state index is 0.171. The van der Waals surface area contributed by atoms with Gasteiger partial charge in [-0.1, -0.05) is 35.7 Å². The van der Waals surface area contributed by atoms with E-state index in [1.54, 1.807) is 0 Å². The molecule has 1 aliphatic rings. The summed E-state index contributed by atoms with van der Waals surface area (Å²) in [6.45, 7) is 0.955. The molecule has 1 saturated carbocycles. The van der Waals surface area contributed by atoms with Crippen molar-refractivity contribution in [3.05, 3.63) is 33.8 Å². The third-order valence-electron chi connectivity index (χ3n) is 3.32. The van der Waals surface area contributed by atoms with Crippen LogP contribution in [0.1, 0.15) is 24.8 Å². The van der Waals surface area contributed by atoms with Gasteiger partial charge in [-0.25, -0.2) is 0 Å². The number of benzene rings is 1. The molecule has 1 fully saturated rings. The van der Waals surface area contributed by atoms with Crippen molar-refractivity contribution in [3.63, 3.8) is 0 Å². The van der Waals surface area contributed by atoms with E-state index < -0.39 is 0 Å². The first kappa shape index (κ1) is 11.3. The fraction of sp³-hybridized carbons (Fsp3) is 0.500. The quantitative estimate of drug-likeness (QED) is 0.856. The molecule has 0 unspecified atom stereocenters. The molecule has 0 aromatic heterocycles. The van der Waals surface area contributed by atoms with Crippen molar-refractivity contribution in [1.82, 2.24) is 5.32 Å². The Balaban J connectivity index is 2.42. The van der Waals surface area contributed by atoms with E-state index in [1.807, 2.05) is 25.2 Å². The van der Waals surface area contributed by atoms with Gasteiger partial charge < -0.3 is 5.32 Å². The van der Waals surface area contributed by atoms with E-state index in [4.69, 9.17) is 23.2 Å². The Hall–Kier alpha value is -0.240. The number of hydrogen-bond donors (Lipinski definition) is 1. The maximum atomic E-state index is 6.25. The molecule has 1 aliphatic carbocycles. The molecule has 2 rings (SSSR count). The molecule has 0 saturated heterocycles. The minimum Gasteiger partial charge on any atom is -0.319 e. The minimum absolute atomic E-state index is 0.171. The molecular formula is C12H15Cl2N. The van der Waals surface area contributed by atoms with Crippen molar-refractivity contribution < 1.29 is 0 Å². The first-order chi connectivity index (χ1) is 7.19. The molecule has 0 amide bonds. The fourth-order valence-corrected chi connectivity index (χ4v) is 3.26. The van der Waals surface area contributed by atoms with E-state index in [9.17, 15) is 0 Å². The summed E-state index contributed by atoms with van der Waals surface area (Å²) in [5, 5.41) is 4.85. The molecule has 0 aliphatic heterocycles. The zero-order valence-corrected chi connectivity index (χ0v) is 10.3. The van der Waals surface area contributed by atoms with Crippen LogP contribution in [0.3, 0.4) is 0 Å². The Morgan fingerprint density at radius 3 is 2.27 bits per heavy atom. The van der Waals surface area contributed by atoms with Crippen LogP contribution in [0.4, 0.5) is 0 Å². The normalized spacial score (nSPS) is 18.6. The summed E-state index contributed by atoms with van der Waals surface area (Å²) < 4.78 is 0. The number of nitrogens with one attached hydrogen (secondary N) is 1. The molecule has 1 nitrogen and oxygen atoms in total. The number of rotatable bonds is 3. The molecule has 0 heterocycles. The number of halogens is 2. The zero-order chi connectivity index (χ0) is 10.9. The van der Waals surface area contributed by atoms with Crippen LogP contribution in [0, 0.1) is 0 Å². The van der Waals surface area contributed by atoms with Crippen LogP contribution < -0.4 is 5.32 Å². The predicted molar refractivity (Wildman–Crippen MR) is 65.9 cm³/mol. The van der Waals surface area contributed by atoms with Gasteiger partial charge in [-0.2, -0.15) is 0 Å². The standard InChI is InChI=1S/C12H15Cl2N/c1-15-8-12(6-3-7-12)11-9(13)4-2-5-10(11)14/h2,4-5,15H,3,6-8H2,1H3. The van der Waals surface area contributed by atoms with Gasteiger partial charge in [-0.15, -0.1) is 0 Å². The van der Waals surface area contributed by atoms with Crippen molar-refractivity contribution in [3.8, 4) is 0 Å². The second-order valence-corrected chi connectivity index (χ2v) is 5.08. The van der Waals surface area contributed by atoms with Crippen LogP contribution in [-0.2, 0) is 5.41 Å². The molecule has 82 valence electrons. The van der Waals surface area contributed by atoms with Gasteiger partial charge in [0.2, 0.25) is 0 Å². The maximum absolute atomic E-state index is 6.25. The molecule has 3 heteroatoms. The molecular weight excluding hydrogens is 229 g/mol. The van der Waals surface area contributed by atoms with Gasteiger partial charge in [0.15, 0.2) is 0 Å². The van der Waals surface area contributed by atoms with E-state index in [0.717, 1.165) is 22.2 Å². The van der Waals surface area contributed by atoms with Gasteiger partial charge >= 0.3 is 0 Å². The van der Waals surface area contributed by atoms with E-state index in [1.165, 1.54) is 19.3 Å². The number of likely N-dealkylation sites (N-methyl/N-ethyl adjacent to an activating group) is 1. The Labute approximate surface area is 101 Å². The molecule has 0 atom stereocenters. The monoisotopic (exact) mass is 243 g/mol. The predicted octanol–water partition coefficient (Wildman–Crippen LogP) is 3.63. The summed E-state index contributed by atoms with van der Waals surface area (Å²) in [6, 6.07) is 5.76. The van der Waals surface area contributed by atoms with Gasteiger partial charge in [0.25, 0.3) is 0 Å². The summed E-state index contributed by atoms with van der Waals surface area (Å²) in [4.78, 5) is 0. The van der Waals surface area contributed by atoms with E-state index in [-0.39, 0.29) is 5.41 Å². The van der Waals surface area contributed by atoms with Gasteiger partial charge in [0.05, 0.1) is 0 Å². The van der Waals surface area contributed by atoms with Crippen molar-refractivity contribution >= 4 is 23.2 Å². The van der Waals surface area contributed by atoms with Crippen molar-refractivity contribution in [2.75, 3.05) is 13.6 Å². The summed E-state index contributed by atoms with van der Waals surface area (Å²) in [7, 11) is 1.98. The van der Waals surface area contributed by atoms with Crippen LogP contribution in [0.5, 0.6) is 0 Å². The molecule has 0 bridgehead atoms. The maximum Gasteiger partial charge on any atom is 0.0459 e. The van der Waals surface area contributed by atoms with Crippen LogP contribution in [0.25, 0.3) is 0 Å². The van der Waals surface area contributed by atoms with Crippen molar-refractivity contribution in [2.45, 2.75) is 24.7 Å². The van der Waals surface area contributed by atoms with Gasteiger partial charge in [0, 0.05) is 22.0 Å². The first-order valence-corrected chi connectivity index (χ1v) is 6.04. The van der Waals surface area contributed by atoms with Crippen LogP contribution >= 0.6 is 23.2 Å². The smallest absolute Gasteiger partial charge is 0.0459 e. The number of hydrogen-bond acceptors (Lipinski definition) is 1. The lowest BCUT2D eigenvalue weighted by Crippen LogP contribution is -2.43. The Morgan fingerprint density at radius 2 is 1.87 bits per heavy atom. The van der Waals surface area contributed by atoms with E-state index in [2.05, 4.69) is 5.32 Å². The molecule has 0 spiro atoms. The highest BCUT2D eigenvalue weighted by Gasteiger charge is 2.40. The lowest BCUT2D eigenvalue weighted by Gasteiger charge is -2.43. The second-order valence-electron chi connectivity index (χ2n) is 4.26. The largest absolute Gasteiger partial charge is 0.319 e. The third kappa shape index (κ3) is 1.89. The summed E-state index contributed by atoms with van der Waals surface area (Å²) in [5.74, 6) is 0. The lowest BCUT2D eigenvalue weighted by molar-refractivity contribution is 0.239. The fourth-order valence-electron chi connectivity index (χ4n) is 2.46. The Morgan fingerprint density at radius 1 is 1.27 bits per heavy atom. The Kier molecular flexibility index (Phi) is 3.24. The first-order valence-electron chi connectivity index (χ1n) is 5.29. The molecule has 1 aromatic rings. The highest BCUT2D eigenvalue weighted by atomic mass is 35.5. The second kappa shape index (κ2) is 4.32. The summed E-state index contributed by atoms with van der Waals surface area (Å²) in [5.41, 5.74) is 1.30. The van der Waals surface area contributed by atoms with E-state index in [0.29, 0.717) is 0 Å². The zero-order valence-electron chi connectivity index (χ0n) is 8.82. The average Bonchev–Trinajstić information content (AvgIpc) is 2.13. The molecule has 1 aromatic carbocycles. The van der Waals surface area contributed by atoms with Gasteiger partial charge in [-0.05, 0) is 37.6 Å². The highest BCUT2D eigenvalue weighted by molar-refractivity contribution is 6.36. The van der Waals surface area contributed by atoms with Crippen LogP contribution in [0.2, 0.25) is 10.0 Å². The van der Waals surface area contributed by atoms with Crippen LogP contribution in [0.15, 0.2) is 18.2 Å². The lowest BCUT2D eigenvalue weighted by atomic mass is 9.64. The molecule has 1 N–H and O–H groups in total. The highest BCUT2D eigenvalue weighted by Crippen LogP contribution is 2.48. The Bertz CT molecular complexity index is 338. The molecule has 15 heavy (non-hydrogen) atoms. The molecule has 0 radical (unpaired) electrons. The van der Waals surface area contributed by atoms with Crippen molar-refractivity contribution in [2.24, 2.45) is 0 Å². The van der Waals surface area contributed by atoms with Gasteiger partial charge in [-0.3, -0.25) is 0 Å². The van der Waals surface area contributed by atoms with Crippen molar-refractivity contribution in [1.29, 1.82) is 0 Å². The van der Waals surface area contributed by atoms with Crippen LogP contribution in [-0.4, -0.2) is 13.6 Å². The SMILES string of the molecule is CNCC1(c2c(Cl)cccc2Cl)CCC1. The van der Waals surface area contributed by atoms with Gasteiger partial charge in [0.1, 0.15) is 0 Å². The topological polar surface area (TPSA) is 12.0 Å². The third-order valence-corrected chi connectivity index (χ3v) is 3.95. The summed E-state index contributed by atoms with van der Waals surface area (Å²) >= 11 is 12.5. The van der Waals surface area contributed by atoms with E-state index >= 15 is 0 Å².